The number of aromatic amines is 1. The summed E-state index contributed by atoms with van der Waals surface area (Å²) in [6.45, 7) is 0. The molecule has 1 heterocycles. The zero-order valence-electron chi connectivity index (χ0n) is 18.5. The average Bonchev–Trinajstić information content (AvgIpc) is 2.81. The van der Waals surface area contributed by atoms with Crippen molar-refractivity contribution in [3.05, 3.63) is 40.2 Å². The van der Waals surface area contributed by atoms with Crippen LogP contribution in [-0.2, 0) is 0 Å². The zero-order valence-corrected chi connectivity index (χ0v) is 18.5. The first-order valence-corrected chi connectivity index (χ1v) is 9.30. The number of nitrogens with one attached hydrogen (secondary N) is 1. The number of ether oxygens (including phenoxy) is 7. The smallest absolute Gasteiger partial charge is 0.349 e. The fourth-order valence-corrected chi connectivity index (χ4v) is 3.28. The minimum absolute atomic E-state index is 0.100. The lowest BCUT2D eigenvalue weighted by molar-refractivity contribution is 0.0732. The number of H-pyrrole nitrogens is 1. The minimum atomic E-state index is -0.890. The van der Waals surface area contributed by atoms with Crippen LogP contribution in [0.3, 0.4) is 0 Å². The molecule has 0 fully saturated rings. The number of methoxy groups -OCH3 is 6. The van der Waals surface area contributed by atoms with Gasteiger partial charge in [0.25, 0.3) is 0 Å². The van der Waals surface area contributed by atoms with Crippen molar-refractivity contribution in [2.75, 3.05) is 42.7 Å². The van der Waals surface area contributed by atoms with E-state index in [-0.39, 0.29) is 28.2 Å². The van der Waals surface area contributed by atoms with Gasteiger partial charge in [-0.1, -0.05) is 0 Å². The summed E-state index contributed by atoms with van der Waals surface area (Å²) in [5.74, 6) is 0.849. The molecule has 10 heteroatoms. The molecule has 0 aliphatic rings. The largest absolute Gasteiger partial charge is 0.493 e. The topological polar surface area (TPSA) is 115 Å². The van der Waals surface area contributed by atoms with E-state index in [4.69, 9.17) is 33.2 Å². The first-order valence-electron chi connectivity index (χ1n) is 9.30. The van der Waals surface area contributed by atoms with Crippen molar-refractivity contribution in [3.8, 4) is 40.2 Å². The summed E-state index contributed by atoms with van der Waals surface area (Å²) in [5.41, 5.74) is -0.445. The third-order valence-electron chi connectivity index (χ3n) is 4.74. The second-order valence-electron chi connectivity index (χ2n) is 6.35. The van der Waals surface area contributed by atoms with Crippen molar-refractivity contribution >= 4 is 16.9 Å². The van der Waals surface area contributed by atoms with Gasteiger partial charge in [-0.2, -0.15) is 0 Å². The van der Waals surface area contributed by atoms with Crippen LogP contribution in [-0.4, -0.2) is 53.6 Å². The summed E-state index contributed by atoms with van der Waals surface area (Å²) in [5, 5.41) is 0.115. The minimum Gasteiger partial charge on any atom is -0.493 e. The number of fused-ring (bicyclic) bond motifs is 1. The van der Waals surface area contributed by atoms with Gasteiger partial charge in [-0.25, -0.2) is 4.79 Å². The van der Waals surface area contributed by atoms with Crippen molar-refractivity contribution in [3.63, 3.8) is 0 Å². The van der Waals surface area contributed by atoms with Gasteiger partial charge in [-0.05, 0) is 0 Å². The number of hydrogen-bond acceptors (Lipinski definition) is 9. The molecule has 0 aliphatic carbocycles. The Morgan fingerprint density at radius 2 is 1.25 bits per heavy atom. The highest BCUT2D eigenvalue weighted by molar-refractivity contribution is 5.98. The van der Waals surface area contributed by atoms with Crippen LogP contribution in [0.25, 0.3) is 10.9 Å². The first-order chi connectivity index (χ1) is 15.4. The number of pyridine rings is 1. The van der Waals surface area contributed by atoms with Crippen LogP contribution in [0.4, 0.5) is 0 Å². The molecule has 0 spiro atoms. The Labute approximate surface area is 183 Å². The maximum Gasteiger partial charge on any atom is 0.349 e. The van der Waals surface area contributed by atoms with E-state index in [2.05, 4.69) is 4.98 Å². The molecule has 0 atom stereocenters. The molecule has 0 amide bonds. The van der Waals surface area contributed by atoms with Crippen LogP contribution in [0.5, 0.6) is 40.2 Å². The van der Waals surface area contributed by atoms with Gasteiger partial charge in [-0.15, -0.1) is 0 Å². The highest BCUT2D eigenvalue weighted by Crippen LogP contribution is 2.42. The Morgan fingerprint density at radius 3 is 1.75 bits per heavy atom. The summed E-state index contributed by atoms with van der Waals surface area (Å²) < 4.78 is 37.2. The van der Waals surface area contributed by atoms with Crippen LogP contribution in [0.15, 0.2) is 29.2 Å². The van der Waals surface area contributed by atoms with Crippen molar-refractivity contribution in [1.82, 2.24) is 4.98 Å². The maximum atomic E-state index is 13.2. The van der Waals surface area contributed by atoms with E-state index in [1.54, 1.807) is 6.07 Å². The van der Waals surface area contributed by atoms with Gasteiger partial charge in [0.2, 0.25) is 16.9 Å². The Morgan fingerprint density at radius 1 is 0.719 bits per heavy atom. The molecule has 170 valence electrons. The van der Waals surface area contributed by atoms with E-state index in [1.165, 1.54) is 61.0 Å². The lowest BCUT2D eigenvalue weighted by atomic mass is 10.1. The SMILES string of the molecule is COc1cc(OC(=O)c2c[nH]c3cc(OC)c(OC)c(OC)c3c2=O)cc(OC)c1OC. The molecular weight excluding hydrogens is 422 g/mol. The summed E-state index contributed by atoms with van der Waals surface area (Å²) in [7, 11) is 8.59. The summed E-state index contributed by atoms with van der Waals surface area (Å²) in [4.78, 5) is 29.0. The van der Waals surface area contributed by atoms with Gasteiger partial charge >= 0.3 is 5.97 Å². The second kappa shape index (κ2) is 9.38. The van der Waals surface area contributed by atoms with E-state index >= 15 is 0 Å². The Kier molecular flexibility index (Phi) is 6.62. The maximum absolute atomic E-state index is 13.2. The number of benzene rings is 2. The van der Waals surface area contributed by atoms with Crippen LogP contribution in [0.2, 0.25) is 0 Å². The molecule has 0 saturated heterocycles. The predicted molar refractivity (Wildman–Crippen MR) is 115 cm³/mol. The number of carbonyl (C=O) groups excluding carboxylic acids is 1. The zero-order chi connectivity index (χ0) is 23.4. The third-order valence-corrected chi connectivity index (χ3v) is 4.74. The van der Waals surface area contributed by atoms with Gasteiger partial charge < -0.3 is 38.1 Å². The molecule has 32 heavy (non-hydrogen) atoms. The van der Waals surface area contributed by atoms with E-state index in [0.717, 1.165) is 0 Å². The van der Waals surface area contributed by atoms with Gasteiger partial charge in [0, 0.05) is 24.4 Å². The van der Waals surface area contributed by atoms with E-state index in [1.807, 2.05) is 0 Å². The number of esters is 1. The molecule has 0 unspecified atom stereocenters. The molecule has 3 aromatic rings. The van der Waals surface area contributed by atoms with E-state index in [0.29, 0.717) is 28.5 Å². The second-order valence-corrected chi connectivity index (χ2v) is 6.35. The molecule has 0 saturated carbocycles. The number of rotatable bonds is 8. The summed E-state index contributed by atoms with van der Waals surface area (Å²) >= 11 is 0. The molecule has 2 aromatic carbocycles. The number of hydrogen-bond donors (Lipinski definition) is 1. The third kappa shape index (κ3) is 3.82. The van der Waals surface area contributed by atoms with Crippen molar-refractivity contribution < 1.29 is 38.0 Å². The Hall–Kier alpha value is -4.08. The monoisotopic (exact) mass is 445 g/mol. The highest BCUT2D eigenvalue weighted by atomic mass is 16.6. The molecule has 10 nitrogen and oxygen atoms in total. The van der Waals surface area contributed by atoms with Crippen LogP contribution in [0, 0.1) is 0 Å². The van der Waals surface area contributed by atoms with Crippen LogP contribution >= 0.6 is 0 Å². The van der Waals surface area contributed by atoms with Crippen molar-refractivity contribution in [2.24, 2.45) is 0 Å². The average molecular weight is 445 g/mol. The number of aromatic nitrogens is 1. The molecule has 0 aliphatic heterocycles. The predicted octanol–water partition coefficient (Wildman–Crippen LogP) is 2.80. The standard InChI is InChI=1S/C22H23NO9/c1-26-14-7-11(8-15(27-2)19(14)29-4)32-22(25)12-10-23-13-9-16(28-3)20(30-5)21(31-6)17(13)18(12)24/h7-10H,1-6H3,(H,23,24). The Bertz CT molecular complexity index is 1190. The highest BCUT2D eigenvalue weighted by Gasteiger charge is 2.24. The molecule has 1 aromatic heterocycles. The van der Waals surface area contributed by atoms with Crippen molar-refractivity contribution in [2.45, 2.75) is 0 Å². The fraction of sp³-hybridized carbons (Fsp3) is 0.273. The Balaban J connectivity index is 2.10. The first kappa shape index (κ1) is 22.6. The summed E-state index contributed by atoms with van der Waals surface area (Å²) in [6, 6.07) is 4.47. The van der Waals surface area contributed by atoms with Gasteiger partial charge in [-0.3, -0.25) is 4.79 Å². The molecule has 1 N–H and O–H groups in total. The lowest BCUT2D eigenvalue weighted by Crippen LogP contribution is -2.21. The lowest BCUT2D eigenvalue weighted by Gasteiger charge is -2.15. The van der Waals surface area contributed by atoms with E-state index < -0.39 is 11.4 Å². The van der Waals surface area contributed by atoms with E-state index in [9.17, 15) is 9.59 Å². The van der Waals surface area contributed by atoms with Crippen molar-refractivity contribution in [1.29, 1.82) is 0 Å². The van der Waals surface area contributed by atoms with Gasteiger partial charge in [0.1, 0.15) is 11.3 Å². The van der Waals surface area contributed by atoms with Crippen LogP contribution in [0.1, 0.15) is 10.4 Å². The normalized spacial score (nSPS) is 10.4. The van der Waals surface area contributed by atoms with Gasteiger partial charge in [0.15, 0.2) is 23.0 Å². The van der Waals surface area contributed by atoms with Gasteiger partial charge in [0.05, 0.1) is 53.6 Å². The fourth-order valence-electron chi connectivity index (χ4n) is 3.28. The number of carbonyl (C=O) groups is 1. The molecule has 3 rings (SSSR count). The molecular formula is C22H23NO9. The van der Waals surface area contributed by atoms with Crippen LogP contribution < -0.4 is 38.6 Å². The quantitative estimate of drug-likeness (QED) is 0.413. The molecule has 0 radical (unpaired) electrons. The summed E-state index contributed by atoms with van der Waals surface area (Å²) in [6.07, 6.45) is 1.26. The molecule has 0 bridgehead atoms.